The highest BCUT2D eigenvalue weighted by Gasteiger charge is 2.33. The molecular weight excluding hydrogens is 269 g/mol. The van der Waals surface area contributed by atoms with E-state index in [1.165, 1.54) is 6.07 Å². The largest absolute Gasteiger partial charge is 0.485 e. The Morgan fingerprint density at radius 2 is 1.85 bits per heavy atom. The van der Waals surface area contributed by atoms with E-state index in [0.717, 1.165) is 38.1 Å². The molecule has 0 bridgehead atoms. The van der Waals surface area contributed by atoms with Crippen molar-refractivity contribution in [2.75, 3.05) is 25.9 Å². The molecule has 2 N–H and O–H groups in total. The average Bonchev–Trinajstić information content (AvgIpc) is 2.35. The van der Waals surface area contributed by atoms with E-state index in [9.17, 15) is 13.2 Å². The highest BCUT2D eigenvalue weighted by Crippen LogP contribution is 2.36. The minimum atomic E-state index is -4.38. The van der Waals surface area contributed by atoms with Gasteiger partial charge in [-0.25, -0.2) is 0 Å². The Kier molecular flexibility index (Phi) is 3.86. The number of nitrogen functional groups attached to an aromatic ring is 1. The molecule has 6 heteroatoms. The Balaban J connectivity index is 2.14. The smallest absolute Gasteiger partial charge is 0.416 e. The van der Waals surface area contributed by atoms with Crippen molar-refractivity contribution in [2.45, 2.75) is 31.5 Å². The molecule has 0 unspecified atom stereocenters. The first kappa shape index (κ1) is 15.0. The monoisotopic (exact) mass is 288 g/mol. The summed E-state index contributed by atoms with van der Waals surface area (Å²) in [5.74, 6) is 0.324. The van der Waals surface area contributed by atoms with Gasteiger partial charge in [-0.05, 0) is 45.0 Å². The van der Waals surface area contributed by atoms with Crippen LogP contribution in [0.1, 0.15) is 25.3 Å². The molecule has 1 fully saturated rings. The van der Waals surface area contributed by atoms with Gasteiger partial charge < -0.3 is 15.4 Å². The lowest BCUT2D eigenvalue weighted by Crippen LogP contribution is -2.44. The maximum absolute atomic E-state index is 12.6. The standard InChI is InChI=1S/C14H19F3N2O/c1-13(5-7-19(2)8-6-13)20-12-4-3-10(9-11(12)18)14(15,16)17/h3-4,9H,5-8,18H2,1-2H3. The van der Waals surface area contributed by atoms with Gasteiger partial charge in [0, 0.05) is 13.1 Å². The first-order chi connectivity index (χ1) is 9.20. The first-order valence-electron chi connectivity index (χ1n) is 6.54. The molecule has 1 aromatic rings. The second kappa shape index (κ2) is 5.16. The SMILES string of the molecule is CN1CCC(C)(Oc2ccc(C(F)(F)F)cc2N)CC1. The molecule has 112 valence electrons. The van der Waals surface area contributed by atoms with Crippen LogP contribution in [0.15, 0.2) is 18.2 Å². The number of hydrogen-bond donors (Lipinski definition) is 1. The van der Waals surface area contributed by atoms with Crippen LogP contribution >= 0.6 is 0 Å². The van der Waals surface area contributed by atoms with Crippen molar-refractivity contribution in [1.29, 1.82) is 0 Å². The van der Waals surface area contributed by atoms with Crippen molar-refractivity contribution in [2.24, 2.45) is 0 Å². The van der Waals surface area contributed by atoms with E-state index >= 15 is 0 Å². The highest BCUT2D eigenvalue weighted by molar-refractivity contribution is 5.55. The van der Waals surface area contributed by atoms with Gasteiger partial charge in [0.25, 0.3) is 0 Å². The number of piperidine rings is 1. The Labute approximate surface area is 116 Å². The molecule has 2 rings (SSSR count). The van der Waals surface area contributed by atoms with Crippen molar-refractivity contribution in [1.82, 2.24) is 4.90 Å². The molecule has 1 aliphatic heterocycles. The van der Waals surface area contributed by atoms with Gasteiger partial charge in [-0.15, -0.1) is 0 Å². The van der Waals surface area contributed by atoms with Crippen molar-refractivity contribution in [3.8, 4) is 5.75 Å². The molecule has 0 aliphatic carbocycles. The highest BCUT2D eigenvalue weighted by atomic mass is 19.4. The quantitative estimate of drug-likeness (QED) is 0.850. The zero-order valence-corrected chi connectivity index (χ0v) is 11.6. The molecule has 1 aromatic carbocycles. The van der Waals surface area contributed by atoms with Crippen LogP contribution in [0.2, 0.25) is 0 Å². The topological polar surface area (TPSA) is 38.5 Å². The van der Waals surface area contributed by atoms with Crippen LogP contribution in [0.3, 0.4) is 0 Å². The van der Waals surface area contributed by atoms with Crippen molar-refractivity contribution >= 4 is 5.69 Å². The fraction of sp³-hybridized carbons (Fsp3) is 0.571. The molecule has 1 heterocycles. The maximum atomic E-state index is 12.6. The lowest BCUT2D eigenvalue weighted by Gasteiger charge is -2.38. The Bertz CT molecular complexity index is 480. The number of halogens is 3. The molecule has 0 amide bonds. The van der Waals surface area contributed by atoms with E-state index in [1.807, 2.05) is 14.0 Å². The van der Waals surface area contributed by atoms with Crippen LogP contribution in [0, 0.1) is 0 Å². The van der Waals surface area contributed by atoms with Crippen LogP contribution < -0.4 is 10.5 Å². The van der Waals surface area contributed by atoms with Crippen LogP contribution in [-0.4, -0.2) is 30.6 Å². The summed E-state index contributed by atoms with van der Waals surface area (Å²) < 4.78 is 43.6. The Hall–Kier alpha value is -1.43. The first-order valence-corrected chi connectivity index (χ1v) is 6.54. The van der Waals surface area contributed by atoms with Crippen molar-refractivity contribution in [3.63, 3.8) is 0 Å². The van der Waals surface area contributed by atoms with Crippen LogP contribution in [0.5, 0.6) is 5.75 Å². The summed E-state index contributed by atoms with van der Waals surface area (Å²) >= 11 is 0. The third kappa shape index (κ3) is 3.36. The number of anilines is 1. The van der Waals surface area contributed by atoms with E-state index in [1.54, 1.807) is 0 Å². The number of alkyl halides is 3. The third-order valence-electron chi connectivity index (χ3n) is 3.74. The predicted octanol–water partition coefficient (Wildman–Crippen LogP) is 3.15. The van der Waals surface area contributed by atoms with E-state index in [2.05, 4.69) is 4.90 Å². The summed E-state index contributed by atoms with van der Waals surface area (Å²) in [4.78, 5) is 2.20. The van der Waals surface area contributed by atoms with Gasteiger partial charge in [0.2, 0.25) is 0 Å². The molecule has 3 nitrogen and oxygen atoms in total. The lowest BCUT2D eigenvalue weighted by molar-refractivity contribution is -0.137. The van der Waals surface area contributed by atoms with E-state index in [4.69, 9.17) is 10.5 Å². The average molecular weight is 288 g/mol. The van der Waals surface area contributed by atoms with Crippen LogP contribution in [0.25, 0.3) is 0 Å². The van der Waals surface area contributed by atoms with E-state index < -0.39 is 11.7 Å². The van der Waals surface area contributed by atoms with Gasteiger partial charge >= 0.3 is 6.18 Å². The molecule has 0 aromatic heterocycles. The second-order valence-corrected chi connectivity index (χ2v) is 5.61. The summed E-state index contributed by atoms with van der Waals surface area (Å²) in [6, 6.07) is 3.24. The normalized spacial score (nSPS) is 19.9. The Morgan fingerprint density at radius 1 is 1.25 bits per heavy atom. The van der Waals surface area contributed by atoms with Gasteiger partial charge in [0.05, 0.1) is 11.3 Å². The fourth-order valence-electron chi connectivity index (χ4n) is 2.28. The summed E-state index contributed by atoms with van der Waals surface area (Å²) in [6.07, 6.45) is -2.74. The van der Waals surface area contributed by atoms with Gasteiger partial charge in [0.1, 0.15) is 11.4 Å². The molecule has 1 aliphatic rings. The number of likely N-dealkylation sites (tertiary alicyclic amines) is 1. The molecule has 1 saturated heterocycles. The number of ether oxygens (including phenoxy) is 1. The zero-order valence-electron chi connectivity index (χ0n) is 11.6. The van der Waals surface area contributed by atoms with Gasteiger partial charge in [-0.2, -0.15) is 13.2 Å². The predicted molar refractivity (Wildman–Crippen MR) is 71.6 cm³/mol. The summed E-state index contributed by atoms with van der Waals surface area (Å²) in [6.45, 7) is 3.77. The van der Waals surface area contributed by atoms with Crippen LogP contribution in [-0.2, 0) is 6.18 Å². The fourth-order valence-corrected chi connectivity index (χ4v) is 2.28. The number of hydrogen-bond acceptors (Lipinski definition) is 3. The molecule has 0 atom stereocenters. The molecule has 0 spiro atoms. The lowest BCUT2D eigenvalue weighted by atomic mass is 9.93. The van der Waals surface area contributed by atoms with Gasteiger partial charge in [-0.1, -0.05) is 0 Å². The van der Waals surface area contributed by atoms with Gasteiger partial charge in [-0.3, -0.25) is 0 Å². The molecular formula is C14H19F3N2O. The number of benzene rings is 1. The minimum absolute atomic E-state index is 0.0278. The van der Waals surface area contributed by atoms with E-state index in [0.29, 0.717) is 5.75 Å². The second-order valence-electron chi connectivity index (χ2n) is 5.61. The third-order valence-corrected chi connectivity index (χ3v) is 3.74. The summed E-state index contributed by atoms with van der Waals surface area (Å²) in [5, 5.41) is 0. The van der Waals surface area contributed by atoms with E-state index in [-0.39, 0.29) is 11.3 Å². The molecule has 0 radical (unpaired) electrons. The number of rotatable bonds is 2. The molecule has 0 saturated carbocycles. The Morgan fingerprint density at radius 3 is 2.35 bits per heavy atom. The van der Waals surface area contributed by atoms with Crippen molar-refractivity contribution in [3.05, 3.63) is 23.8 Å². The maximum Gasteiger partial charge on any atom is 0.416 e. The minimum Gasteiger partial charge on any atom is -0.485 e. The number of nitrogens with two attached hydrogens (primary N) is 1. The van der Waals surface area contributed by atoms with Crippen LogP contribution in [0.4, 0.5) is 18.9 Å². The van der Waals surface area contributed by atoms with Gasteiger partial charge in [0.15, 0.2) is 0 Å². The zero-order chi connectivity index (χ0) is 15.0. The summed E-state index contributed by atoms with van der Waals surface area (Å²) in [5.41, 5.74) is 4.59. The number of nitrogens with zero attached hydrogens (tertiary/aromatic N) is 1. The van der Waals surface area contributed by atoms with Crippen molar-refractivity contribution < 1.29 is 17.9 Å². The molecule has 20 heavy (non-hydrogen) atoms. The summed E-state index contributed by atoms with van der Waals surface area (Å²) in [7, 11) is 2.03.